The van der Waals surface area contributed by atoms with Crippen LogP contribution in [0.25, 0.3) is 0 Å². The third kappa shape index (κ3) is 7.10. The van der Waals surface area contributed by atoms with E-state index in [1.807, 2.05) is 0 Å². The van der Waals surface area contributed by atoms with Crippen molar-refractivity contribution in [1.29, 1.82) is 5.41 Å². The summed E-state index contributed by atoms with van der Waals surface area (Å²) in [6.45, 7) is 5.79. The molecule has 3 heterocycles. The molecule has 0 unspecified atom stereocenters. The molecule has 6 fully saturated rings. The van der Waals surface area contributed by atoms with E-state index >= 15 is 0 Å². The molecule has 3 aliphatic heterocycles. The third-order valence-electron chi connectivity index (χ3n) is 14.0. The summed E-state index contributed by atoms with van der Waals surface area (Å²) in [6.07, 6.45) is 13.9. The highest BCUT2D eigenvalue weighted by atomic mass is 15.5. The lowest BCUT2D eigenvalue weighted by Gasteiger charge is -2.58. The lowest BCUT2D eigenvalue weighted by molar-refractivity contribution is -0.0636. The van der Waals surface area contributed by atoms with Crippen LogP contribution in [0.2, 0.25) is 0 Å². The second-order valence-corrected chi connectivity index (χ2v) is 17.7. The van der Waals surface area contributed by atoms with Gasteiger partial charge in [0, 0.05) is 38.3 Å². The molecule has 10 rings (SSSR count). The molecular weight excluding hydrogens is 639 g/mol. The van der Waals surface area contributed by atoms with E-state index in [4.69, 9.17) is 10.7 Å². The van der Waals surface area contributed by atoms with Crippen molar-refractivity contribution in [3.8, 4) is 0 Å². The van der Waals surface area contributed by atoms with E-state index in [9.17, 15) is 5.41 Å². The van der Waals surface area contributed by atoms with Crippen molar-refractivity contribution in [1.82, 2.24) is 19.6 Å². The zero-order valence-corrected chi connectivity index (χ0v) is 31.0. The van der Waals surface area contributed by atoms with Gasteiger partial charge in [-0.2, -0.15) is 0 Å². The maximum atomic E-state index is 10.0. The molecule has 274 valence electrons. The van der Waals surface area contributed by atoms with Crippen molar-refractivity contribution >= 4 is 11.9 Å². The summed E-state index contributed by atoms with van der Waals surface area (Å²) in [7, 11) is 0. The molecule has 4 saturated carbocycles. The lowest BCUT2D eigenvalue weighted by Crippen LogP contribution is -2.54. The number of hydrogen-bond acceptors (Lipinski definition) is 5. The Kier molecular flexibility index (Phi) is 9.49. The minimum absolute atomic E-state index is 0.236. The number of benzene rings is 3. The average Bonchev–Trinajstić information content (AvgIpc) is 3.82. The van der Waals surface area contributed by atoms with Gasteiger partial charge in [-0.05, 0) is 117 Å². The Balaban J connectivity index is 0.963. The number of likely N-dealkylation sites (tertiary alicyclic amines) is 1. The summed E-state index contributed by atoms with van der Waals surface area (Å²) in [6, 6.07) is 34.3. The fourth-order valence-electron chi connectivity index (χ4n) is 12.1. The summed E-state index contributed by atoms with van der Waals surface area (Å²) >= 11 is 0. The number of hydrogen-bond donors (Lipinski definition) is 2. The Morgan fingerprint density at radius 1 is 0.731 bits per heavy atom. The third-order valence-corrected chi connectivity index (χ3v) is 14.0. The number of guanidine groups is 2. The fourth-order valence-corrected chi connectivity index (χ4v) is 12.1. The normalized spacial score (nSPS) is 31.9. The van der Waals surface area contributed by atoms with Gasteiger partial charge in [-0.25, -0.2) is 0 Å². The Bertz CT molecular complexity index is 1660. The summed E-state index contributed by atoms with van der Waals surface area (Å²) in [4.78, 5) is 15.0. The molecular formula is C45H59N7. The molecule has 7 aliphatic rings. The van der Waals surface area contributed by atoms with Crippen LogP contribution < -0.4 is 5.73 Å². The first-order valence-corrected chi connectivity index (χ1v) is 20.5. The molecule has 2 saturated heterocycles. The highest BCUT2D eigenvalue weighted by Gasteiger charge is 2.53. The van der Waals surface area contributed by atoms with Crippen LogP contribution in [0.4, 0.5) is 0 Å². The van der Waals surface area contributed by atoms with Crippen LogP contribution in [0.1, 0.15) is 68.1 Å². The second kappa shape index (κ2) is 14.5. The van der Waals surface area contributed by atoms with Crippen LogP contribution in [0.15, 0.2) is 96.0 Å². The molecule has 7 heteroatoms. The van der Waals surface area contributed by atoms with Crippen LogP contribution >= 0.6 is 0 Å². The molecule has 0 spiro atoms. The van der Waals surface area contributed by atoms with Gasteiger partial charge in [-0.15, -0.1) is 0 Å². The van der Waals surface area contributed by atoms with Crippen LogP contribution in [0, 0.1) is 28.6 Å². The molecule has 3 aromatic carbocycles. The Morgan fingerprint density at radius 3 is 1.92 bits per heavy atom. The zero-order chi connectivity index (χ0) is 35.1. The number of aliphatic imine (C=N–C) groups is 1. The standard InChI is InChI=1S/C45H59N7/c46-43-48-28-40(22-33-11-4-1-5-12-33)50(43)30-39-17-10-18-49(39)29-41(23-34-13-6-2-7-14-34)51-31-42(24-35-15-8-3-9-16-35)52(44(51)47)32-45-25-36-19-37(26-45)21-38(20-36)27-45/h1-9,11-16,36-42,47H,10,17-32H2,(H2,46,48)/t36?,37?,38?,39-,40-,41-,42-,45?/m0/s1. The maximum absolute atomic E-state index is 10.0. The van der Waals surface area contributed by atoms with Crippen LogP contribution in [-0.2, 0) is 19.3 Å². The van der Waals surface area contributed by atoms with E-state index in [1.165, 1.54) is 68.1 Å². The largest absolute Gasteiger partial charge is 0.370 e. The predicted octanol–water partition coefficient (Wildman–Crippen LogP) is 6.68. The van der Waals surface area contributed by atoms with Crippen molar-refractivity contribution < 1.29 is 0 Å². The van der Waals surface area contributed by atoms with Crippen molar-refractivity contribution in [2.45, 2.75) is 94.8 Å². The van der Waals surface area contributed by atoms with Crippen LogP contribution in [0.3, 0.4) is 0 Å². The van der Waals surface area contributed by atoms with E-state index in [-0.39, 0.29) is 6.04 Å². The smallest absolute Gasteiger partial charge is 0.194 e. The van der Waals surface area contributed by atoms with Gasteiger partial charge >= 0.3 is 0 Å². The van der Waals surface area contributed by atoms with Crippen molar-refractivity contribution in [2.24, 2.45) is 33.9 Å². The molecule has 4 aliphatic carbocycles. The van der Waals surface area contributed by atoms with Gasteiger partial charge in [0.2, 0.25) is 0 Å². The van der Waals surface area contributed by atoms with E-state index in [1.54, 1.807) is 0 Å². The van der Waals surface area contributed by atoms with Gasteiger partial charge in [0.1, 0.15) is 0 Å². The molecule has 52 heavy (non-hydrogen) atoms. The Hall–Kier alpha value is -3.84. The molecule has 4 atom stereocenters. The van der Waals surface area contributed by atoms with Gasteiger partial charge in [0.25, 0.3) is 0 Å². The number of nitrogens with zero attached hydrogens (tertiary/aromatic N) is 5. The van der Waals surface area contributed by atoms with Gasteiger partial charge in [0.05, 0.1) is 18.6 Å². The lowest BCUT2D eigenvalue weighted by atomic mass is 9.49. The molecule has 3 N–H and O–H groups in total. The first kappa shape index (κ1) is 34.0. The van der Waals surface area contributed by atoms with Gasteiger partial charge in [-0.3, -0.25) is 15.3 Å². The van der Waals surface area contributed by atoms with Crippen LogP contribution in [-0.4, -0.2) is 95.0 Å². The van der Waals surface area contributed by atoms with Crippen molar-refractivity contribution in [3.63, 3.8) is 0 Å². The fraction of sp³-hybridized carbons (Fsp3) is 0.556. The van der Waals surface area contributed by atoms with Gasteiger partial charge in [-0.1, -0.05) is 91.0 Å². The zero-order valence-electron chi connectivity index (χ0n) is 31.0. The van der Waals surface area contributed by atoms with Gasteiger partial charge in [0.15, 0.2) is 11.9 Å². The minimum atomic E-state index is 0.236. The topological polar surface area (TPSA) is 75.2 Å². The first-order chi connectivity index (χ1) is 25.5. The highest BCUT2D eigenvalue weighted by molar-refractivity contribution is 5.81. The van der Waals surface area contributed by atoms with E-state index in [0.717, 1.165) is 82.2 Å². The molecule has 0 amide bonds. The summed E-state index contributed by atoms with van der Waals surface area (Å²) in [5.41, 5.74) is 11.1. The van der Waals surface area contributed by atoms with E-state index < -0.39 is 0 Å². The number of nitrogens with two attached hydrogens (primary N) is 1. The van der Waals surface area contributed by atoms with E-state index in [0.29, 0.717) is 29.5 Å². The predicted molar refractivity (Wildman–Crippen MR) is 211 cm³/mol. The first-order valence-electron chi connectivity index (χ1n) is 20.5. The minimum Gasteiger partial charge on any atom is -0.370 e. The second-order valence-electron chi connectivity index (χ2n) is 17.7. The Morgan fingerprint density at radius 2 is 1.31 bits per heavy atom. The molecule has 0 aromatic heterocycles. The molecule has 0 radical (unpaired) electrons. The molecule has 3 aromatic rings. The number of nitrogens with one attached hydrogen (secondary N) is 1. The summed E-state index contributed by atoms with van der Waals surface area (Å²) < 4.78 is 0. The monoisotopic (exact) mass is 697 g/mol. The van der Waals surface area contributed by atoms with Gasteiger partial charge < -0.3 is 20.4 Å². The highest BCUT2D eigenvalue weighted by Crippen LogP contribution is 2.60. The summed E-state index contributed by atoms with van der Waals surface area (Å²) in [5.74, 6) is 4.26. The summed E-state index contributed by atoms with van der Waals surface area (Å²) in [5, 5.41) is 10.0. The Labute approximate surface area is 311 Å². The quantitative estimate of drug-likeness (QED) is 0.209. The number of rotatable bonds is 13. The van der Waals surface area contributed by atoms with Crippen molar-refractivity contribution in [3.05, 3.63) is 108 Å². The van der Waals surface area contributed by atoms with E-state index in [2.05, 4.69) is 111 Å². The molecule has 7 nitrogen and oxygen atoms in total. The SMILES string of the molecule is N=C1N([C@@H](Cc2ccccc2)CN2CCC[C@H]2CN2C(N)=NC[C@@H]2Cc2ccccc2)C[C@H](Cc2ccccc2)N1CC12CC3CC(CC(C3)C1)C2. The van der Waals surface area contributed by atoms with Crippen LogP contribution in [0.5, 0.6) is 0 Å². The average molecular weight is 698 g/mol. The maximum Gasteiger partial charge on any atom is 0.194 e. The molecule has 4 bridgehead atoms. The van der Waals surface area contributed by atoms with Crippen molar-refractivity contribution in [2.75, 3.05) is 39.3 Å².